The third-order valence-electron chi connectivity index (χ3n) is 3.58. The van der Waals surface area contributed by atoms with E-state index in [4.69, 9.17) is 9.47 Å². The average Bonchev–Trinajstić information content (AvgIpc) is 2.81. The van der Waals surface area contributed by atoms with Gasteiger partial charge in [0.05, 0.1) is 13.7 Å². The zero-order chi connectivity index (χ0) is 14.9. The Hall–Kier alpha value is -1.91. The summed E-state index contributed by atoms with van der Waals surface area (Å²) in [7, 11) is 1.63. The van der Waals surface area contributed by atoms with E-state index >= 15 is 0 Å². The monoisotopic (exact) mass is 292 g/mol. The molecule has 0 aliphatic carbocycles. The fourth-order valence-electron chi connectivity index (χ4n) is 2.40. The second kappa shape index (κ2) is 8.39. The summed E-state index contributed by atoms with van der Waals surface area (Å²) in [6.45, 7) is 2.68. The van der Waals surface area contributed by atoms with Crippen LogP contribution in [-0.2, 0) is 0 Å². The maximum absolute atomic E-state index is 12.0. The molecule has 1 N–H and O–H groups in total. The van der Waals surface area contributed by atoms with Crippen molar-refractivity contribution in [3.05, 3.63) is 24.3 Å². The summed E-state index contributed by atoms with van der Waals surface area (Å²) in [5.41, 5.74) is 0. The predicted octanol–water partition coefficient (Wildman–Crippen LogP) is 2.66. The molecule has 0 spiro atoms. The Morgan fingerprint density at radius 3 is 2.62 bits per heavy atom. The van der Waals surface area contributed by atoms with Crippen molar-refractivity contribution in [2.24, 2.45) is 0 Å². The van der Waals surface area contributed by atoms with Gasteiger partial charge in [0.2, 0.25) is 0 Å². The number of ether oxygens (including phenoxy) is 2. The number of amides is 2. The largest absolute Gasteiger partial charge is 0.497 e. The molecule has 1 saturated heterocycles. The van der Waals surface area contributed by atoms with Crippen LogP contribution >= 0.6 is 0 Å². The van der Waals surface area contributed by atoms with Gasteiger partial charge in [0.15, 0.2) is 0 Å². The molecule has 5 nitrogen and oxygen atoms in total. The molecule has 1 aromatic rings. The molecule has 0 aromatic heterocycles. The fraction of sp³-hybridized carbons (Fsp3) is 0.562. The zero-order valence-corrected chi connectivity index (χ0v) is 12.6. The van der Waals surface area contributed by atoms with Gasteiger partial charge in [0.25, 0.3) is 0 Å². The van der Waals surface area contributed by atoms with Gasteiger partial charge in [-0.3, -0.25) is 0 Å². The number of likely N-dealkylation sites (tertiary alicyclic amines) is 1. The van der Waals surface area contributed by atoms with E-state index in [1.54, 1.807) is 7.11 Å². The first kappa shape index (κ1) is 15.5. The maximum atomic E-state index is 12.0. The van der Waals surface area contributed by atoms with Gasteiger partial charge in [0, 0.05) is 19.2 Å². The van der Waals surface area contributed by atoms with Crippen molar-refractivity contribution in [2.45, 2.75) is 25.7 Å². The smallest absolute Gasteiger partial charge is 0.317 e. The van der Waals surface area contributed by atoms with Crippen LogP contribution in [0, 0.1) is 0 Å². The molecule has 2 amide bonds. The molecule has 1 aromatic carbocycles. The number of nitrogens with one attached hydrogen (secondary N) is 1. The van der Waals surface area contributed by atoms with Crippen molar-refractivity contribution >= 4 is 6.03 Å². The fourth-order valence-corrected chi connectivity index (χ4v) is 2.40. The first-order chi connectivity index (χ1) is 10.3. The Bertz CT molecular complexity index is 443. The molecule has 1 heterocycles. The van der Waals surface area contributed by atoms with E-state index < -0.39 is 0 Å². The molecule has 1 aliphatic heterocycles. The first-order valence-electron chi connectivity index (χ1n) is 7.59. The Labute approximate surface area is 126 Å². The highest BCUT2D eigenvalue weighted by Crippen LogP contribution is 2.18. The molecule has 0 saturated carbocycles. The minimum absolute atomic E-state index is 0.0196. The quantitative estimate of drug-likeness (QED) is 0.849. The van der Waals surface area contributed by atoms with Crippen molar-refractivity contribution in [3.8, 4) is 11.5 Å². The van der Waals surface area contributed by atoms with Crippen LogP contribution in [0.5, 0.6) is 11.5 Å². The summed E-state index contributed by atoms with van der Waals surface area (Å²) in [5, 5.41) is 2.91. The molecule has 116 valence electrons. The maximum Gasteiger partial charge on any atom is 0.317 e. The third kappa shape index (κ3) is 5.17. The molecule has 0 atom stereocenters. The number of nitrogens with zero attached hydrogens (tertiary/aromatic N) is 1. The minimum Gasteiger partial charge on any atom is -0.497 e. The van der Waals surface area contributed by atoms with Gasteiger partial charge < -0.3 is 19.7 Å². The third-order valence-corrected chi connectivity index (χ3v) is 3.58. The van der Waals surface area contributed by atoms with Gasteiger partial charge in [-0.1, -0.05) is 18.9 Å². The van der Waals surface area contributed by atoms with Crippen LogP contribution in [0.2, 0.25) is 0 Å². The van der Waals surface area contributed by atoms with E-state index in [1.165, 1.54) is 12.8 Å². The number of methoxy groups -OCH3 is 1. The van der Waals surface area contributed by atoms with E-state index in [0.29, 0.717) is 13.2 Å². The first-order valence-corrected chi connectivity index (χ1v) is 7.59. The molecular weight excluding hydrogens is 268 g/mol. The molecule has 0 bridgehead atoms. The van der Waals surface area contributed by atoms with Crippen molar-refractivity contribution in [2.75, 3.05) is 33.4 Å². The summed E-state index contributed by atoms with van der Waals surface area (Å²) in [6.07, 6.45) is 4.66. The Morgan fingerprint density at radius 2 is 1.90 bits per heavy atom. The van der Waals surface area contributed by atoms with Gasteiger partial charge in [-0.2, -0.15) is 0 Å². The molecule has 1 fully saturated rings. The van der Waals surface area contributed by atoms with Gasteiger partial charge in [-0.05, 0) is 25.0 Å². The summed E-state index contributed by atoms with van der Waals surface area (Å²) in [5.74, 6) is 1.51. The highest BCUT2D eigenvalue weighted by Gasteiger charge is 2.14. The van der Waals surface area contributed by atoms with E-state index in [1.807, 2.05) is 29.2 Å². The van der Waals surface area contributed by atoms with E-state index in [0.717, 1.165) is 37.4 Å². The number of carbonyl (C=O) groups excluding carboxylic acids is 1. The van der Waals surface area contributed by atoms with E-state index in [-0.39, 0.29) is 6.03 Å². The molecule has 5 heteroatoms. The number of hydrogen-bond acceptors (Lipinski definition) is 3. The lowest BCUT2D eigenvalue weighted by atomic mass is 10.2. The van der Waals surface area contributed by atoms with Crippen LogP contribution in [0.1, 0.15) is 25.7 Å². The Balaban J connectivity index is 1.67. The average molecular weight is 292 g/mol. The van der Waals surface area contributed by atoms with Crippen molar-refractivity contribution in [1.82, 2.24) is 10.2 Å². The highest BCUT2D eigenvalue weighted by molar-refractivity contribution is 5.74. The van der Waals surface area contributed by atoms with E-state index in [2.05, 4.69) is 5.32 Å². The molecule has 0 unspecified atom stereocenters. The molecule has 0 radical (unpaired) electrons. The molecular formula is C16H24N2O3. The Kier molecular flexibility index (Phi) is 6.19. The van der Waals surface area contributed by atoms with E-state index in [9.17, 15) is 4.79 Å². The minimum atomic E-state index is 0.0196. The van der Waals surface area contributed by atoms with Crippen LogP contribution < -0.4 is 14.8 Å². The molecule has 1 aliphatic rings. The van der Waals surface area contributed by atoms with Gasteiger partial charge in [-0.25, -0.2) is 4.79 Å². The molecule has 21 heavy (non-hydrogen) atoms. The number of rotatable bonds is 5. The highest BCUT2D eigenvalue weighted by atomic mass is 16.5. The van der Waals surface area contributed by atoms with Crippen LogP contribution in [0.4, 0.5) is 4.79 Å². The second-order valence-electron chi connectivity index (χ2n) is 5.16. The van der Waals surface area contributed by atoms with Crippen LogP contribution in [0.3, 0.4) is 0 Å². The summed E-state index contributed by atoms with van der Waals surface area (Å²) in [6, 6.07) is 7.47. The van der Waals surface area contributed by atoms with Crippen molar-refractivity contribution in [1.29, 1.82) is 0 Å². The SMILES string of the molecule is COc1cccc(OCCNC(=O)N2CCCCCC2)c1. The molecule has 2 rings (SSSR count). The normalized spacial score (nSPS) is 15.2. The van der Waals surface area contributed by atoms with Crippen molar-refractivity contribution in [3.63, 3.8) is 0 Å². The second-order valence-corrected chi connectivity index (χ2v) is 5.16. The zero-order valence-electron chi connectivity index (χ0n) is 12.6. The predicted molar refractivity (Wildman–Crippen MR) is 81.9 cm³/mol. The number of carbonyl (C=O) groups is 1. The van der Waals surface area contributed by atoms with Crippen LogP contribution in [-0.4, -0.2) is 44.3 Å². The van der Waals surface area contributed by atoms with Gasteiger partial charge in [-0.15, -0.1) is 0 Å². The van der Waals surface area contributed by atoms with Gasteiger partial charge in [0.1, 0.15) is 18.1 Å². The number of urea groups is 1. The summed E-state index contributed by atoms with van der Waals surface area (Å²) >= 11 is 0. The van der Waals surface area contributed by atoms with Crippen LogP contribution in [0.15, 0.2) is 24.3 Å². The number of hydrogen-bond donors (Lipinski definition) is 1. The summed E-state index contributed by atoms with van der Waals surface area (Å²) in [4.78, 5) is 13.9. The lowest BCUT2D eigenvalue weighted by Gasteiger charge is -2.20. The van der Waals surface area contributed by atoms with Gasteiger partial charge >= 0.3 is 6.03 Å². The summed E-state index contributed by atoms with van der Waals surface area (Å²) < 4.78 is 10.7. The van der Waals surface area contributed by atoms with Crippen LogP contribution in [0.25, 0.3) is 0 Å². The number of benzene rings is 1. The Morgan fingerprint density at radius 1 is 1.19 bits per heavy atom. The van der Waals surface area contributed by atoms with Crippen molar-refractivity contribution < 1.29 is 14.3 Å². The lowest BCUT2D eigenvalue weighted by molar-refractivity contribution is 0.196. The lowest BCUT2D eigenvalue weighted by Crippen LogP contribution is -2.41. The standard InChI is InChI=1S/C16H24N2O3/c1-20-14-7-6-8-15(13-14)21-12-9-17-16(19)18-10-4-2-3-5-11-18/h6-8,13H,2-5,9-12H2,1H3,(H,17,19). The topological polar surface area (TPSA) is 50.8 Å².